The van der Waals surface area contributed by atoms with Gasteiger partial charge >= 0.3 is 17.8 Å². The minimum atomic E-state index is -1.52. The molecule has 0 aliphatic heterocycles. The molecule has 0 spiro atoms. The van der Waals surface area contributed by atoms with Gasteiger partial charge in [0.05, 0.1) is 0 Å². The third kappa shape index (κ3) is 4.31. The predicted octanol–water partition coefficient (Wildman–Crippen LogP) is 1.90. The highest BCUT2D eigenvalue weighted by Gasteiger charge is 2.31. The van der Waals surface area contributed by atoms with Crippen LogP contribution in [-0.2, 0) is 19.8 Å². The fourth-order valence-electron chi connectivity index (χ4n) is 1.82. The molecule has 6 nitrogen and oxygen atoms in total. The van der Waals surface area contributed by atoms with E-state index < -0.39 is 23.3 Å². The molecule has 0 atom stereocenters. The van der Waals surface area contributed by atoms with Crippen molar-refractivity contribution in [1.82, 2.24) is 5.32 Å². The van der Waals surface area contributed by atoms with Crippen molar-refractivity contribution in [2.75, 3.05) is 5.32 Å². The molecular formula is C16H22N2O4. The first-order chi connectivity index (χ1) is 9.95. The zero-order valence-electron chi connectivity index (χ0n) is 13.5. The maximum absolute atomic E-state index is 12.0. The van der Waals surface area contributed by atoms with Crippen molar-refractivity contribution in [1.29, 1.82) is 0 Å². The number of amides is 2. The van der Waals surface area contributed by atoms with E-state index in [4.69, 9.17) is 5.11 Å². The van der Waals surface area contributed by atoms with Crippen LogP contribution in [0.1, 0.15) is 40.2 Å². The lowest BCUT2D eigenvalue weighted by Crippen LogP contribution is -2.52. The molecule has 1 aromatic rings. The average molecular weight is 306 g/mol. The Morgan fingerprint density at radius 1 is 0.955 bits per heavy atom. The van der Waals surface area contributed by atoms with Gasteiger partial charge in [-0.1, -0.05) is 39.0 Å². The Balaban J connectivity index is 2.91. The summed E-state index contributed by atoms with van der Waals surface area (Å²) in [6.07, 6.45) is 0. The normalized spacial score (nSPS) is 11.7. The number of rotatable bonds is 3. The Labute approximate surface area is 129 Å². The van der Waals surface area contributed by atoms with Crippen molar-refractivity contribution in [3.05, 3.63) is 29.8 Å². The molecular weight excluding hydrogens is 284 g/mol. The molecule has 3 N–H and O–H groups in total. The number of hydrogen-bond acceptors (Lipinski definition) is 3. The molecule has 0 aliphatic rings. The Kier molecular flexibility index (Phi) is 4.96. The lowest BCUT2D eigenvalue weighted by molar-refractivity contribution is -0.147. The Morgan fingerprint density at radius 2 is 1.50 bits per heavy atom. The Hall–Kier alpha value is -2.37. The molecule has 0 saturated heterocycles. The summed E-state index contributed by atoms with van der Waals surface area (Å²) in [7, 11) is 0. The summed E-state index contributed by atoms with van der Waals surface area (Å²) in [6, 6.07) is 7.18. The van der Waals surface area contributed by atoms with Crippen LogP contribution in [0.4, 0.5) is 5.69 Å². The fourth-order valence-corrected chi connectivity index (χ4v) is 1.82. The van der Waals surface area contributed by atoms with Gasteiger partial charge in [-0.3, -0.25) is 9.59 Å². The highest BCUT2D eigenvalue weighted by molar-refractivity contribution is 6.40. The van der Waals surface area contributed by atoms with Gasteiger partial charge < -0.3 is 15.7 Å². The topological polar surface area (TPSA) is 95.5 Å². The van der Waals surface area contributed by atoms with E-state index in [2.05, 4.69) is 10.6 Å². The predicted molar refractivity (Wildman–Crippen MR) is 83.6 cm³/mol. The number of para-hydroxylation sites is 1. The van der Waals surface area contributed by atoms with Gasteiger partial charge in [0.1, 0.15) is 5.54 Å². The van der Waals surface area contributed by atoms with Crippen LogP contribution in [0.5, 0.6) is 0 Å². The van der Waals surface area contributed by atoms with E-state index in [9.17, 15) is 14.4 Å². The third-order valence-corrected chi connectivity index (χ3v) is 3.15. The van der Waals surface area contributed by atoms with Crippen LogP contribution in [0, 0.1) is 0 Å². The molecule has 0 bridgehead atoms. The minimum Gasteiger partial charge on any atom is -0.480 e. The number of anilines is 1. The first-order valence-electron chi connectivity index (χ1n) is 6.91. The standard InChI is InChI=1S/C16H22N2O4/c1-15(2,3)10-8-6-7-9-11(10)17-12(19)13(20)18-16(4,5)14(21)22/h6-9H,1-5H3,(H,17,19)(H,18,20)(H,21,22). The van der Waals surface area contributed by atoms with Gasteiger partial charge in [-0.05, 0) is 30.9 Å². The summed E-state index contributed by atoms with van der Waals surface area (Å²) in [5, 5.41) is 13.7. The van der Waals surface area contributed by atoms with E-state index in [1.54, 1.807) is 12.1 Å². The van der Waals surface area contributed by atoms with E-state index >= 15 is 0 Å². The quantitative estimate of drug-likeness (QED) is 0.743. The number of hydrogen-bond donors (Lipinski definition) is 3. The largest absolute Gasteiger partial charge is 0.480 e. The summed E-state index contributed by atoms with van der Waals surface area (Å²) in [5.74, 6) is -3.11. The molecule has 1 rings (SSSR count). The molecule has 0 aliphatic carbocycles. The summed E-state index contributed by atoms with van der Waals surface area (Å²) in [6.45, 7) is 8.59. The van der Waals surface area contributed by atoms with Crippen LogP contribution in [0.2, 0.25) is 0 Å². The van der Waals surface area contributed by atoms with Crippen LogP contribution in [-0.4, -0.2) is 28.4 Å². The molecule has 0 aromatic heterocycles. The number of carbonyl (C=O) groups excluding carboxylic acids is 2. The van der Waals surface area contributed by atoms with Crippen molar-refractivity contribution in [2.24, 2.45) is 0 Å². The highest BCUT2D eigenvalue weighted by atomic mass is 16.4. The second kappa shape index (κ2) is 6.17. The summed E-state index contributed by atoms with van der Waals surface area (Å²) in [5.41, 5.74) is -0.310. The number of benzene rings is 1. The SMILES string of the molecule is CC(C)(NC(=O)C(=O)Nc1ccccc1C(C)(C)C)C(=O)O. The summed E-state index contributed by atoms with van der Waals surface area (Å²) in [4.78, 5) is 34.8. The number of nitrogens with one attached hydrogen (secondary N) is 2. The minimum absolute atomic E-state index is 0.208. The van der Waals surface area contributed by atoms with Gasteiger partial charge in [0, 0.05) is 5.69 Å². The third-order valence-electron chi connectivity index (χ3n) is 3.15. The van der Waals surface area contributed by atoms with Gasteiger partial charge in [0.2, 0.25) is 0 Å². The molecule has 0 heterocycles. The molecule has 2 amide bonds. The highest BCUT2D eigenvalue weighted by Crippen LogP contribution is 2.29. The molecule has 120 valence electrons. The van der Waals surface area contributed by atoms with E-state index in [1.165, 1.54) is 13.8 Å². The number of aliphatic carboxylic acids is 1. The van der Waals surface area contributed by atoms with Crippen molar-refractivity contribution in [3.63, 3.8) is 0 Å². The molecule has 0 radical (unpaired) electrons. The summed E-state index contributed by atoms with van der Waals surface area (Å²) >= 11 is 0. The molecule has 6 heteroatoms. The second-order valence-corrected chi connectivity index (χ2v) is 6.63. The second-order valence-electron chi connectivity index (χ2n) is 6.63. The Morgan fingerprint density at radius 3 is 2.00 bits per heavy atom. The smallest absolute Gasteiger partial charge is 0.328 e. The Bertz CT molecular complexity index is 600. The van der Waals surface area contributed by atoms with E-state index in [0.717, 1.165) is 5.56 Å². The fraction of sp³-hybridized carbons (Fsp3) is 0.438. The van der Waals surface area contributed by atoms with Crippen LogP contribution < -0.4 is 10.6 Å². The number of carboxylic acids is 1. The van der Waals surface area contributed by atoms with Gasteiger partial charge in [-0.25, -0.2) is 4.79 Å². The van der Waals surface area contributed by atoms with Crippen molar-refractivity contribution >= 4 is 23.5 Å². The zero-order chi connectivity index (χ0) is 17.1. The van der Waals surface area contributed by atoms with Gasteiger partial charge in [-0.15, -0.1) is 0 Å². The van der Waals surface area contributed by atoms with Gasteiger partial charge in [-0.2, -0.15) is 0 Å². The van der Waals surface area contributed by atoms with Crippen LogP contribution in [0.25, 0.3) is 0 Å². The van der Waals surface area contributed by atoms with Crippen LogP contribution in [0.3, 0.4) is 0 Å². The lowest BCUT2D eigenvalue weighted by atomic mass is 9.86. The first kappa shape index (κ1) is 17.7. The maximum atomic E-state index is 12.0. The first-order valence-corrected chi connectivity index (χ1v) is 6.91. The molecule has 0 saturated carbocycles. The van der Waals surface area contributed by atoms with Crippen LogP contribution >= 0.6 is 0 Å². The lowest BCUT2D eigenvalue weighted by Gasteiger charge is -2.24. The number of carboxylic acid groups (broad SMARTS) is 1. The molecule has 0 fully saturated rings. The van der Waals surface area contributed by atoms with Gasteiger partial charge in [0.15, 0.2) is 0 Å². The van der Waals surface area contributed by atoms with Crippen LogP contribution in [0.15, 0.2) is 24.3 Å². The zero-order valence-corrected chi connectivity index (χ0v) is 13.5. The van der Waals surface area contributed by atoms with Crippen molar-refractivity contribution < 1.29 is 19.5 Å². The average Bonchev–Trinajstić information content (AvgIpc) is 2.37. The molecule has 1 aromatic carbocycles. The monoisotopic (exact) mass is 306 g/mol. The molecule has 0 unspecified atom stereocenters. The maximum Gasteiger partial charge on any atom is 0.328 e. The van der Waals surface area contributed by atoms with E-state index in [0.29, 0.717) is 5.69 Å². The summed E-state index contributed by atoms with van der Waals surface area (Å²) < 4.78 is 0. The van der Waals surface area contributed by atoms with Crippen molar-refractivity contribution in [3.8, 4) is 0 Å². The van der Waals surface area contributed by atoms with Crippen molar-refractivity contribution in [2.45, 2.75) is 45.6 Å². The molecule has 22 heavy (non-hydrogen) atoms. The number of carbonyl (C=O) groups is 3. The van der Waals surface area contributed by atoms with Gasteiger partial charge in [0.25, 0.3) is 0 Å². The van der Waals surface area contributed by atoms with E-state index in [1.807, 2.05) is 32.9 Å². The van der Waals surface area contributed by atoms with E-state index in [-0.39, 0.29) is 5.41 Å².